The average Bonchev–Trinajstić information content (AvgIpc) is 2.94. The summed E-state index contributed by atoms with van der Waals surface area (Å²) < 4.78 is 27.8. The predicted molar refractivity (Wildman–Crippen MR) is 84.5 cm³/mol. The molecule has 0 aromatic heterocycles. The van der Waals surface area contributed by atoms with Crippen LogP contribution < -0.4 is 10.6 Å². The Kier molecular flexibility index (Phi) is 4.79. The fourth-order valence-corrected chi connectivity index (χ4v) is 4.04. The molecule has 0 spiro atoms. The number of nitrogens with one attached hydrogen (secondary N) is 2. The average molecular weight is 359 g/mol. The van der Waals surface area contributed by atoms with Crippen LogP contribution in [-0.4, -0.2) is 18.6 Å². The van der Waals surface area contributed by atoms with Gasteiger partial charge in [0.15, 0.2) is 0 Å². The number of halogens is 3. The zero-order valence-electron chi connectivity index (χ0n) is 12.0. The van der Waals surface area contributed by atoms with Gasteiger partial charge in [-0.1, -0.05) is 12.8 Å². The van der Waals surface area contributed by atoms with E-state index in [1.165, 1.54) is 31.4 Å². The van der Waals surface area contributed by atoms with Crippen LogP contribution in [0.3, 0.4) is 0 Å². The van der Waals surface area contributed by atoms with E-state index in [2.05, 4.69) is 26.6 Å². The summed E-state index contributed by atoms with van der Waals surface area (Å²) in [6.07, 6.45) is 7.05. The number of benzene rings is 1. The lowest BCUT2D eigenvalue weighted by molar-refractivity contribution is 0.286. The van der Waals surface area contributed by atoms with E-state index in [1.807, 2.05) is 0 Å². The van der Waals surface area contributed by atoms with Crippen LogP contribution in [-0.2, 0) is 0 Å². The molecule has 3 unspecified atom stereocenters. The maximum Gasteiger partial charge on any atom is 0.147 e. The summed E-state index contributed by atoms with van der Waals surface area (Å²) in [5, 5.41) is 6.85. The highest BCUT2D eigenvalue weighted by molar-refractivity contribution is 9.10. The van der Waals surface area contributed by atoms with Crippen LogP contribution in [0.5, 0.6) is 0 Å². The molecule has 2 fully saturated rings. The van der Waals surface area contributed by atoms with E-state index in [4.69, 9.17) is 0 Å². The summed E-state index contributed by atoms with van der Waals surface area (Å²) in [5.41, 5.74) is 0.281. The van der Waals surface area contributed by atoms with E-state index in [1.54, 1.807) is 0 Å². The van der Waals surface area contributed by atoms with Crippen molar-refractivity contribution in [2.24, 2.45) is 5.92 Å². The molecule has 3 rings (SSSR count). The maximum atomic E-state index is 14.0. The summed E-state index contributed by atoms with van der Waals surface area (Å²) in [6.45, 7) is 1.08. The Hall–Kier alpha value is -0.680. The zero-order valence-corrected chi connectivity index (χ0v) is 13.6. The molecular formula is C16H21BrF2N2. The van der Waals surface area contributed by atoms with Gasteiger partial charge in [-0.15, -0.1) is 0 Å². The first kappa shape index (κ1) is 15.2. The smallest absolute Gasteiger partial charge is 0.147 e. The Morgan fingerprint density at radius 1 is 1.05 bits per heavy atom. The number of hydrogen-bond donors (Lipinski definition) is 2. The molecule has 2 nitrogen and oxygen atoms in total. The van der Waals surface area contributed by atoms with Gasteiger partial charge in [-0.25, -0.2) is 8.78 Å². The topological polar surface area (TPSA) is 24.1 Å². The Morgan fingerprint density at radius 3 is 2.67 bits per heavy atom. The molecule has 1 aliphatic carbocycles. The first-order valence-corrected chi connectivity index (χ1v) is 8.59. The second-order valence-corrected chi connectivity index (χ2v) is 7.00. The number of anilines is 1. The summed E-state index contributed by atoms with van der Waals surface area (Å²) >= 11 is 3.01. The second kappa shape index (κ2) is 6.61. The van der Waals surface area contributed by atoms with Crippen molar-refractivity contribution < 1.29 is 8.78 Å². The highest BCUT2D eigenvalue weighted by atomic mass is 79.9. The van der Waals surface area contributed by atoms with Gasteiger partial charge in [0.1, 0.15) is 11.6 Å². The molecule has 2 N–H and O–H groups in total. The monoisotopic (exact) mass is 358 g/mol. The lowest BCUT2D eigenvalue weighted by atomic mass is 9.88. The maximum absolute atomic E-state index is 14.0. The SMILES string of the molecule is Fc1cc(NC2CCCC2C2CCCCN2)c(F)cc1Br. The highest BCUT2D eigenvalue weighted by Gasteiger charge is 2.34. The second-order valence-electron chi connectivity index (χ2n) is 6.15. The van der Waals surface area contributed by atoms with E-state index in [-0.39, 0.29) is 16.2 Å². The minimum absolute atomic E-state index is 0.169. The van der Waals surface area contributed by atoms with E-state index in [0.717, 1.165) is 25.8 Å². The van der Waals surface area contributed by atoms with Crippen LogP contribution in [0.4, 0.5) is 14.5 Å². The van der Waals surface area contributed by atoms with Gasteiger partial charge in [0.25, 0.3) is 0 Å². The third-order valence-electron chi connectivity index (χ3n) is 4.79. The van der Waals surface area contributed by atoms with Crippen molar-refractivity contribution in [3.63, 3.8) is 0 Å². The van der Waals surface area contributed by atoms with Gasteiger partial charge in [-0.05, 0) is 60.1 Å². The van der Waals surface area contributed by atoms with E-state index < -0.39 is 11.6 Å². The van der Waals surface area contributed by atoms with E-state index >= 15 is 0 Å². The van der Waals surface area contributed by atoms with Gasteiger partial charge in [-0.2, -0.15) is 0 Å². The zero-order chi connectivity index (χ0) is 14.8. The largest absolute Gasteiger partial charge is 0.380 e. The third kappa shape index (κ3) is 3.39. The van der Waals surface area contributed by atoms with Crippen LogP contribution in [0.2, 0.25) is 0 Å². The number of rotatable bonds is 3. The first-order valence-electron chi connectivity index (χ1n) is 7.79. The Balaban J connectivity index is 1.72. The summed E-state index contributed by atoms with van der Waals surface area (Å²) in [7, 11) is 0. The van der Waals surface area contributed by atoms with Gasteiger partial charge in [-0.3, -0.25) is 0 Å². The van der Waals surface area contributed by atoms with Crippen LogP contribution >= 0.6 is 15.9 Å². The van der Waals surface area contributed by atoms with Crippen molar-refractivity contribution in [3.8, 4) is 0 Å². The molecule has 1 aliphatic heterocycles. The molecule has 1 saturated carbocycles. The molecule has 0 amide bonds. The molecule has 5 heteroatoms. The summed E-state index contributed by atoms with van der Waals surface area (Å²) in [4.78, 5) is 0. The van der Waals surface area contributed by atoms with E-state index in [0.29, 0.717) is 12.0 Å². The molecule has 1 aromatic rings. The van der Waals surface area contributed by atoms with Gasteiger partial charge in [0, 0.05) is 18.2 Å². The molecule has 1 aromatic carbocycles. The molecule has 3 atom stereocenters. The third-order valence-corrected chi connectivity index (χ3v) is 5.39. The fourth-order valence-electron chi connectivity index (χ4n) is 3.73. The van der Waals surface area contributed by atoms with E-state index in [9.17, 15) is 8.78 Å². The molecule has 0 bridgehead atoms. The van der Waals surface area contributed by atoms with Crippen molar-refractivity contribution >= 4 is 21.6 Å². The first-order chi connectivity index (χ1) is 10.1. The van der Waals surface area contributed by atoms with Crippen molar-refractivity contribution in [1.82, 2.24) is 5.32 Å². The van der Waals surface area contributed by atoms with Crippen LogP contribution in [0.15, 0.2) is 16.6 Å². The predicted octanol–water partition coefficient (Wildman–Crippen LogP) is 4.45. The number of piperidine rings is 1. The Labute approximate surface area is 132 Å². The van der Waals surface area contributed by atoms with Crippen LogP contribution in [0.25, 0.3) is 0 Å². The number of hydrogen-bond acceptors (Lipinski definition) is 2. The van der Waals surface area contributed by atoms with Gasteiger partial charge < -0.3 is 10.6 Å². The van der Waals surface area contributed by atoms with Gasteiger partial charge >= 0.3 is 0 Å². The van der Waals surface area contributed by atoms with Gasteiger partial charge in [0.05, 0.1) is 10.2 Å². The fraction of sp³-hybridized carbons (Fsp3) is 0.625. The Bertz CT molecular complexity index is 503. The minimum Gasteiger partial charge on any atom is -0.380 e. The normalized spacial score (nSPS) is 29.6. The van der Waals surface area contributed by atoms with Crippen LogP contribution in [0, 0.1) is 17.6 Å². The van der Waals surface area contributed by atoms with Gasteiger partial charge in [0.2, 0.25) is 0 Å². The molecule has 0 radical (unpaired) electrons. The molecule has 21 heavy (non-hydrogen) atoms. The summed E-state index contributed by atoms with van der Waals surface area (Å²) in [6, 6.07) is 3.20. The van der Waals surface area contributed by atoms with Crippen molar-refractivity contribution in [3.05, 3.63) is 28.2 Å². The molecular weight excluding hydrogens is 338 g/mol. The quantitative estimate of drug-likeness (QED) is 0.780. The molecule has 116 valence electrons. The standard InChI is InChI=1S/C16H21BrF2N2/c17-11-8-13(19)16(9-12(11)18)21-15-6-3-4-10(15)14-5-1-2-7-20-14/h8-10,14-15,20-21H,1-7H2. The van der Waals surface area contributed by atoms with Crippen molar-refractivity contribution in [2.45, 2.75) is 50.6 Å². The molecule has 2 aliphatic rings. The van der Waals surface area contributed by atoms with Crippen LogP contribution in [0.1, 0.15) is 38.5 Å². The molecule has 1 saturated heterocycles. The highest BCUT2D eigenvalue weighted by Crippen LogP contribution is 2.35. The molecule has 1 heterocycles. The lowest BCUT2D eigenvalue weighted by Gasteiger charge is -2.33. The Morgan fingerprint density at radius 2 is 1.90 bits per heavy atom. The van der Waals surface area contributed by atoms with Crippen molar-refractivity contribution in [1.29, 1.82) is 0 Å². The minimum atomic E-state index is -0.427. The lowest BCUT2D eigenvalue weighted by Crippen LogP contribution is -2.44. The van der Waals surface area contributed by atoms with Crippen molar-refractivity contribution in [2.75, 3.05) is 11.9 Å². The summed E-state index contributed by atoms with van der Waals surface area (Å²) in [5.74, 6) is -0.314.